The van der Waals surface area contributed by atoms with Crippen molar-refractivity contribution in [2.24, 2.45) is 0 Å². The average Bonchev–Trinajstić information content (AvgIpc) is 2.56. The highest BCUT2D eigenvalue weighted by molar-refractivity contribution is 5.22. The molecule has 0 aromatic heterocycles. The van der Waals surface area contributed by atoms with Gasteiger partial charge in [-0.1, -0.05) is 122 Å². The number of hydrogen-bond donors (Lipinski definition) is 0. The highest BCUT2D eigenvalue weighted by Crippen LogP contribution is 1.98. The fourth-order valence-corrected chi connectivity index (χ4v) is 1.73. The van der Waals surface area contributed by atoms with Crippen molar-refractivity contribution in [2.45, 2.75) is 19.3 Å². The van der Waals surface area contributed by atoms with Crippen molar-refractivity contribution in [1.29, 1.82) is 0 Å². The van der Waals surface area contributed by atoms with Crippen molar-refractivity contribution in [2.75, 3.05) is 0 Å². The highest BCUT2D eigenvalue weighted by atomic mass is 13.8. The Bertz CT molecular complexity index is 515. The van der Waals surface area contributed by atoms with Crippen molar-refractivity contribution in [3.8, 4) is 0 Å². The van der Waals surface area contributed by atoms with Crippen LogP contribution in [0.5, 0.6) is 0 Å². The second-order valence-electron chi connectivity index (χ2n) is 4.87. The topological polar surface area (TPSA) is 0 Å². The molecule has 0 radical (unpaired) electrons. The van der Waals surface area contributed by atoms with E-state index in [0.29, 0.717) is 0 Å². The lowest BCUT2D eigenvalue weighted by atomic mass is 10.2. The largest absolute Gasteiger partial charge is 0.0845 e. The van der Waals surface area contributed by atoms with Gasteiger partial charge in [-0.15, -0.1) is 0 Å². The van der Waals surface area contributed by atoms with Crippen LogP contribution < -0.4 is 0 Å². The van der Waals surface area contributed by atoms with Gasteiger partial charge in [0.25, 0.3) is 0 Å². The molecule has 0 aromatic carbocycles. The normalized spacial score (nSPS) is 17.0. The number of hydrogen-bond acceptors (Lipinski definition) is 0. The number of rotatable bonds is 0. The van der Waals surface area contributed by atoms with E-state index in [-0.39, 0.29) is 0 Å². The van der Waals surface area contributed by atoms with Crippen LogP contribution in [0.15, 0.2) is 122 Å². The molecule has 0 nitrogen and oxygen atoms in total. The molecule has 118 valence electrons. The average molecular weight is 302 g/mol. The molecule has 0 spiro atoms. The summed E-state index contributed by atoms with van der Waals surface area (Å²) in [6, 6.07) is 0. The lowest BCUT2D eigenvalue weighted by molar-refractivity contribution is 0.868. The summed E-state index contributed by atoms with van der Waals surface area (Å²) in [5.74, 6) is 0. The molecule has 0 saturated heterocycles. The first kappa shape index (κ1) is 18.4. The Morgan fingerprint density at radius 3 is 0.739 bits per heavy atom. The number of allylic oxidation sites excluding steroid dienone is 20. The van der Waals surface area contributed by atoms with Crippen molar-refractivity contribution in [3.63, 3.8) is 0 Å². The molecule has 0 atom stereocenters. The Balaban J connectivity index is 2.56. The van der Waals surface area contributed by atoms with Crippen molar-refractivity contribution < 1.29 is 0 Å². The Morgan fingerprint density at radius 2 is 0.478 bits per heavy atom. The summed E-state index contributed by atoms with van der Waals surface area (Å²) in [6.45, 7) is 0. The van der Waals surface area contributed by atoms with Crippen LogP contribution >= 0.6 is 0 Å². The van der Waals surface area contributed by atoms with E-state index in [4.69, 9.17) is 0 Å². The van der Waals surface area contributed by atoms with E-state index >= 15 is 0 Å². The monoisotopic (exact) mass is 302 g/mol. The van der Waals surface area contributed by atoms with Crippen molar-refractivity contribution in [3.05, 3.63) is 122 Å². The summed E-state index contributed by atoms with van der Waals surface area (Å²) in [4.78, 5) is 0. The van der Waals surface area contributed by atoms with Gasteiger partial charge in [0, 0.05) is 0 Å². The minimum atomic E-state index is 1.12. The summed E-state index contributed by atoms with van der Waals surface area (Å²) in [5, 5.41) is 0. The zero-order chi connectivity index (χ0) is 16.3. The minimum Gasteiger partial charge on any atom is -0.0845 e. The van der Waals surface area contributed by atoms with Gasteiger partial charge in [0.15, 0.2) is 0 Å². The van der Waals surface area contributed by atoms with Crippen LogP contribution in [0.25, 0.3) is 0 Å². The molecule has 0 fully saturated rings. The molecular weight excluding hydrogens is 276 g/mol. The fourth-order valence-electron chi connectivity index (χ4n) is 1.73. The van der Waals surface area contributed by atoms with Gasteiger partial charge in [0.1, 0.15) is 0 Å². The standard InChI is InChI=1S/C23H26/c1-2-4-6-8-10-12-14-16-18-20-22-23-21-19-17-15-13-11-9-7-5-3-1/h1-20H,21-23H2. The smallest absolute Gasteiger partial charge is 0.0345 e. The zero-order valence-corrected chi connectivity index (χ0v) is 13.7. The van der Waals surface area contributed by atoms with Crippen LogP contribution in [0.2, 0.25) is 0 Å². The maximum absolute atomic E-state index is 2.21. The summed E-state index contributed by atoms with van der Waals surface area (Å²) in [6.07, 6.45) is 44.5. The molecule has 1 aliphatic carbocycles. The quantitative estimate of drug-likeness (QED) is 0.465. The lowest BCUT2D eigenvalue weighted by Gasteiger charge is -1.88. The molecule has 0 aliphatic heterocycles. The van der Waals surface area contributed by atoms with Crippen LogP contribution in [-0.2, 0) is 0 Å². The maximum Gasteiger partial charge on any atom is -0.0345 e. The van der Waals surface area contributed by atoms with E-state index in [0.717, 1.165) is 12.8 Å². The van der Waals surface area contributed by atoms with Crippen molar-refractivity contribution >= 4 is 0 Å². The first-order chi connectivity index (χ1) is 11.5. The highest BCUT2D eigenvalue weighted by Gasteiger charge is 1.78. The van der Waals surface area contributed by atoms with E-state index in [9.17, 15) is 0 Å². The molecule has 0 heterocycles. The summed E-state index contributed by atoms with van der Waals surface area (Å²) in [7, 11) is 0. The van der Waals surface area contributed by atoms with E-state index in [1.54, 1.807) is 0 Å². The molecule has 23 heavy (non-hydrogen) atoms. The minimum absolute atomic E-state index is 1.12. The third kappa shape index (κ3) is 14.1. The third-order valence-corrected chi connectivity index (χ3v) is 2.90. The van der Waals surface area contributed by atoms with Gasteiger partial charge in [0.2, 0.25) is 0 Å². The Morgan fingerprint density at radius 1 is 0.261 bits per heavy atom. The van der Waals surface area contributed by atoms with Crippen LogP contribution in [0.1, 0.15) is 19.3 Å². The molecule has 0 amide bonds. The zero-order valence-electron chi connectivity index (χ0n) is 13.7. The predicted molar refractivity (Wildman–Crippen MR) is 105 cm³/mol. The molecule has 1 aliphatic rings. The maximum atomic E-state index is 2.21. The molecule has 1 rings (SSSR count). The van der Waals surface area contributed by atoms with Gasteiger partial charge >= 0.3 is 0 Å². The second-order valence-corrected chi connectivity index (χ2v) is 4.87. The van der Waals surface area contributed by atoms with E-state index in [1.165, 1.54) is 6.42 Å². The molecule has 0 aromatic rings. The Kier molecular flexibility index (Phi) is 12.7. The summed E-state index contributed by atoms with van der Waals surface area (Å²) < 4.78 is 0. The molecular formula is C23H26. The molecule has 0 bridgehead atoms. The Labute approximate surface area is 141 Å². The van der Waals surface area contributed by atoms with Gasteiger partial charge in [-0.2, -0.15) is 0 Å². The predicted octanol–water partition coefficient (Wildman–Crippen LogP) is 6.73. The van der Waals surface area contributed by atoms with Gasteiger partial charge in [-0.3, -0.25) is 0 Å². The van der Waals surface area contributed by atoms with E-state index in [1.807, 2.05) is 85.1 Å². The molecule has 0 unspecified atom stereocenters. The van der Waals surface area contributed by atoms with Gasteiger partial charge in [-0.05, 0) is 19.3 Å². The first-order valence-corrected chi connectivity index (χ1v) is 8.15. The fraction of sp³-hybridized carbons (Fsp3) is 0.130. The third-order valence-electron chi connectivity index (χ3n) is 2.90. The van der Waals surface area contributed by atoms with Crippen LogP contribution in [0.4, 0.5) is 0 Å². The summed E-state index contributed by atoms with van der Waals surface area (Å²) >= 11 is 0. The van der Waals surface area contributed by atoms with E-state index < -0.39 is 0 Å². The van der Waals surface area contributed by atoms with Crippen LogP contribution in [0, 0.1) is 0 Å². The van der Waals surface area contributed by atoms with Crippen molar-refractivity contribution in [1.82, 2.24) is 0 Å². The SMILES string of the molecule is C1=CC=CC=CC=CC=CCCCC=CC=CC=CC=CC=C1. The summed E-state index contributed by atoms with van der Waals surface area (Å²) in [5.41, 5.74) is 0. The lowest BCUT2D eigenvalue weighted by Crippen LogP contribution is -1.68. The van der Waals surface area contributed by atoms with Gasteiger partial charge in [0.05, 0.1) is 0 Å². The van der Waals surface area contributed by atoms with Gasteiger partial charge in [-0.25, -0.2) is 0 Å². The molecule has 0 heteroatoms. The van der Waals surface area contributed by atoms with Gasteiger partial charge < -0.3 is 0 Å². The van der Waals surface area contributed by atoms with Crippen LogP contribution in [0.3, 0.4) is 0 Å². The Hall–Kier alpha value is -2.60. The van der Waals surface area contributed by atoms with Crippen LogP contribution in [-0.4, -0.2) is 0 Å². The first-order valence-electron chi connectivity index (χ1n) is 8.15. The molecule has 0 N–H and O–H groups in total. The molecule has 0 saturated carbocycles. The second kappa shape index (κ2) is 15.8. The van der Waals surface area contributed by atoms with E-state index in [2.05, 4.69) is 36.5 Å².